The van der Waals surface area contributed by atoms with Gasteiger partial charge in [-0.15, -0.1) is 11.6 Å². The highest BCUT2D eigenvalue weighted by molar-refractivity contribution is 7.86. The van der Waals surface area contributed by atoms with E-state index < -0.39 is 10.1 Å². The summed E-state index contributed by atoms with van der Waals surface area (Å²) in [6, 6.07) is 6.72. The van der Waals surface area contributed by atoms with Gasteiger partial charge < -0.3 is 9.08 Å². The topological polar surface area (TPSA) is 63.7 Å². The van der Waals surface area contributed by atoms with E-state index in [0.717, 1.165) is 18.2 Å². The summed E-state index contributed by atoms with van der Waals surface area (Å²) in [7, 11) is -3.57. The summed E-state index contributed by atoms with van der Waals surface area (Å²) in [6.07, 6.45) is 1.80. The van der Waals surface area contributed by atoms with E-state index in [1.54, 1.807) is 23.1 Å². The second-order valence-corrected chi connectivity index (χ2v) is 6.69. The van der Waals surface area contributed by atoms with Crippen molar-refractivity contribution in [3.8, 4) is 5.75 Å². The van der Waals surface area contributed by atoms with Crippen LogP contribution in [0.2, 0.25) is 0 Å². The maximum absolute atomic E-state index is 11.9. The Kier molecular flexibility index (Phi) is 6.48. The van der Waals surface area contributed by atoms with Gasteiger partial charge in [-0.05, 0) is 31.0 Å². The van der Waals surface area contributed by atoms with Gasteiger partial charge in [0.1, 0.15) is 11.6 Å². The number of rotatable bonds is 7. The Balaban J connectivity index is 2.94. The Bertz CT molecular complexity index is 588. The predicted octanol–water partition coefficient (Wildman–Crippen LogP) is 2.39. The van der Waals surface area contributed by atoms with Crippen LogP contribution in [0.3, 0.4) is 0 Å². The average Bonchev–Trinajstić information content (AvgIpc) is 2.41. The Morgan fingerprint density at radius 1 is 1.43 bits per heavy atom. The first kappa shape index (κ1) is 17.8. The number of benzene rings is 1. The van der Waals surface area contributed by atoms with Crippen LogP contribution in [0.15, 0.2) is 24.3 Å². The summed E-state index contributed by atoms with van der Waals surface area (Å²) in [5, 5.41) is 0. The Morgan fingerprint density at radius 2 is 2.10 bits per heavy atom. The van der Waals surface area contributed by atoms with E-state index in [-0.39, 0.29) is 23.6 Å². The van der Waals surface area contributed by atoms with Gasteiger partial charge in [0.15, 0.2) is 0 Å². The Hall–Kier alpha value is -1.27. The lowest BCUT2D eigenvalue weighted by molar-refractivity contribution is -0.131. The molecule has 0 fully saturated rings. The van der Waals surface area contributed by atoms with Crippen LogP contribution in [0.5, 0.6) is 5.75 Å². The standard InChI is InChI=1S/C14H20ClNO4S/c1-4-11(2)16(14(17)9-15)10-12-6-5-7-13(8-12)20-21(3,18)19/h5-8,11H,4,9-10H2,1-3H3/t11-/m1/s1. The van der Waals surface area contributed by atoms with Gasteiger partial charge in [-0.2, -0.15) is 8.42 Å². The van der Waals surface area contributed by atoms with E-state index in [9.17, 15) is 13.2 Å². The molecule has 0 aliphatic heterocycles. The summed E-state index contributed by atoms with van der Waals surface area (Å²) < 4.78 is 27.1. The summed E-state index contributed by atoms with van der Waals surface area (Å²) in [5.41, 5.74) is 0.787. The lowest BCUT2D eigenvalue weighted by atomic mass is 10.1. The van der Waals surface area contributed by atoms with Crippen LogP contribution in [-0.2, 0) is 21.5 Å². The fourth-order valence-corrected chi connectivity index (χ4v) is 2.46. The van der Waals surface area contributed by atoms with Gasteiger partial charge in [0.25, 0.3) is 0 Å². The second kappa shape index (κ2) is 7.66. The van der Waals surface area contributed by atoms with Crippen molar-refractivity contribution in [2.45, 2.75) is 32.9 Å². The Labute approximate surface area is 131 Å². The van der Waals surface area contributed by atoms with E-state index in [1.807, 2.05) is 19.9 Å². The maximum Gasteiger partial charge on any atom is 0.306 e. The van der Waals surface area contributed by atoms with Crippen molar-refractivity contribution in [2.24, 2.45) is 0 Å². The van der Waals surface area contributed by atoms with Gasteiger partial charge >= 0.3 is 10.1 Å². The molecule has 1 aromatic carbocycles. The van der Waals surface area contributed by atoms with Crippen molar-refractivity contribution in [3.05, 3.63) is 29.8 Å². The van der Waals surface area contributed by atoms with Crippen molar-refractivity contribution in [1.82, 2.24) is 4.90 Å². The third-order valence-electron chi connectivity index (χ3n) is 3.06. The largest absolute Gasteiger partial charge is 0.383 e. The number of amides is 1. The predicted molar refractivity (Wildman–Crippen MR) is 82.9 cm³/mol. The van der Waals surface area contributed by atoms with E-state index in [2.05, 4.69) is 0 Å². The molecule has 1 rings (SSSR count). The first-order valence-corrected chi connectivity index (χ1v) is 8.95. The highest BCUT2D eigenvalue weighted by atomic mass is 35.5. The molecule has 0 aliphatic rings. The molecule has 0 aromatic heterocycles. The van der Waals surface area contributed by atoms with Gasteiger partial charge in [-0.3, -0.25) is 4.79 Å². The van der Waals surface area contributed by atoms with Crippen LogP contribution < -0.4 is 4.18 Å². The molecule has 0 unspecified atom stereocenters. The van der Waals surface area contributed by atoms with E-state index in [0.29, 0.717) is 6.54 Å². The number of hydrogen-bond donors (Lipinski definition) is 0. The summed E-state index contributed by atoms with van der Waals surface area (Å²) >= 11 is 5.64. The summed E-state index contributed by atoms with van der Waals surface area (Å²) in [4.78, 5) is 13.6. The second-order valence-electron chi connectivity index (χ2n) is 4.85. The van der Waals surface area contributed by atoms with Crippen molar-refractivity contribution in [3.63, 3.8) is 0 Å². The molecule has 118 valence electrons. The summed E-state index contributed by atoms with van der Waals surface area (Å²) in [5.74, 6) is 0.00187. The van der Waals surface area contributed by atoms with Crippen molar-refractivity contribution < 1.29 is 17.4 Å². The van der Waals surface area contributed by atoms with Crippen molar-refractivity contribution in [1.29, 1.82) is 0 Å². The molecule has 21 heavy (non-hydrogen) atoms. The van der Waals surface area contributed by atoms with E-state index in [1.165, 1.54) is 0 Å². The number of halogens is 1. The van der Waals surface area contributed by atoms with E-state index >= 15 is 0 Å². The number of carbonyl (C=O) groups excluding carboxylic acids is 1. The molecule has 0 saturated heterocycles. The smallest absolute Gasteiger partial charge is 0.306 e. The van der Waals surface area contributed by atoms with Crippen molar-refractivity contribution >= 4 is 27.6 Å². The molecule has 1 atom stereocenters. The number of hydrogen-bond acceptors (Lipinski definition) is 4. The number of alkyl halides is 1. The third-order valence-corrected chi connectivity index (χ3v) is 3.78. The molecule has 5 nitrogen and oxygen atoms in total. The first-order valence-electron chi connectivity index (χ1n) is 6.60. The molecule has 1 aromatic rings. The molecule has 0 heterocycles. The fourth-order valence-electron chi connectivity index (χ4n) is 1.85. The molecule has 1 amide bonds. The third kappa shape index (κ3) is 5.93. The first-order chi connectivity index (χ1) is 9.76. The molecule has 0 aliphatic carbocycles. The monoisotopic (exact) mass is 333 g/mol. The van der Waals surface area contributed by atoms with Gasteiger partial charge in [-0.1, -0.05) is 19.1 Å². The van der Waals surface area contributed by atoms with Crippen molar-refractivity contribution in [2.75, 3.05) is 12.1 Å². The van der Waals surface area contributed by atoms with E-state index in [4.69, 9.17) is 15.8 Å². The highest BCUT2D eigenvalue weighted by Crippen LogP contribution is 2.18. The fraction of sp³-hybridized carbons (Fsp3) is 0.500. The molecule has 0 N–H and O–H groups in total. The average molecular weight is 334 g/mol. The molecule has 7 heteroatoms. The van der Waals surface area contributed by atoms with Crippen LogP contribution in [0.4, 0.5) is 0 Å². The molecular weight excluding hydrogens is 314 g/mol. The van der Waals surface area contributed by atoms with Gasteiger partial charge in [0.2, 0.25) is 5.91 Å². The van der Waals surface area contributed by atoms with Gasteiger partial charge in [0, 0.05) is 12.6 Å². The lowest BCUT2D eigenvalue weighted by Gasteiger charge is -2.28. The van der Waals surface area contributed by atoms with Gasteiger partial charge in [0.05, 0.1) is 6.26 Å². The molecule has 0 saturated carbocycles. The SMILES string of the molecule is CC[C@@H](C)N(Cc1cccc(OS(C)(=O)=O)c1)C(=O)CCl. The van der Waals surface area contributed by atoms with Crippen LogP contribution in [-0.4, -0.2) is 37.4 Å². The van der Waals surface area contributed by atoms with Crippen LogP contribution in [0, 0.1) is 0 Å². The zero-order chi connectivity index (χ0) is 16.0. The quantitative estimate of drug-likeness (QED) is 0.567. The number of nitrogens with zero attached hydrogens (tertiary/aromatic N) is 1. The Morgan fingerprint density at radius 3 is 2.62 bits per heavy atom. The minimum atomic E-state index is -3.57. The van der Waals surface area contributed by atoms with Crippen LogP contribution in [0.25, 0.3) is 0 Å². The minimum Gasteiger partial charge on any atom is -0.383 e. The molecule has 0 spiro atoms. The highest BCUT2D eigenvalue weighted by Gasteiger charge is 2.18. The minimum absolute atomic E-state index is 0.0516. The zero-order valence-electron chi connectivity index (χ0n) is 12.4. The molecule has 0 bridgehead atoms. The maximum atomic E-state index is 11.9. The number of carbonyl (C=O) groups is 1. The van der Waals surface area contributed by atoms with Gasteiger partial charge in [-0.25, -0.2) is 0 Å². The normalized spacial score (nSPS) is 12.8. The molecule has 0 radical (unpaired) electrons. The summed E-state index contributed by atoms with van der Waals surface area (Å²) in [6.45, 7) is 4.30. The van der Waals surface area contributed by atoms with Crippen LogP contribution in [0.1, 0.15) is 25.8 Å². The molecular formula is C14H20ClNO4S. The lowest BCUT2D eigenvalue weighted by Crippen LogP contribution is -2.38. The van der Waals surface area contributed by atoms with Crippen LogP contribution >= 0.6 is 11.6 Å². The zero-order valence-corrected chi connectivity index (χ0v) is 13.9.